The van der Waals surface area contributed by atoms with E-state index in [4.69, 9.17) is 4.74 Å². The van der Waals surface area contributed by atoms with Gasteiger partial charge < -0.3 is 14.7 Å². The van der Waals surface area contributed by atoms with Crippen LogP contribution in [0.4, 0.5) is 5.95 Å². The Morgan fingerprint density at radius 2 is 1.96 bits per heavy atom. The van der Waals surface area contributed by atoms with Gasteiger partial charge in [0.2, 0.25) is 5.95 Å². The molecule has 0 unspecified atom stereocenters. The van der Waals surface area contributed by atoms with E-state index in [0.717, 1.165) is 49.5 Å². The number of hydrogen-bond acceptors (Lipinski definition) is 6. The van der Waals surface area contributed by atoms with Gasteiger partial charge in [-0.3, -0.25) is 4.57 Å². The molecule has 1 N–H and O–H groups in total. The zero-order valence-corrected chi connectivity index (χ0v) is 14.1. The van der Waals surface area contributed by atoms with Crippen LogP contribution < -0.4 is 4.90 Å². The van der Waals surface area contributed by atoms with Crippen molar-refractivity contribution in [3.63, 3.8) is 0 Å². The van der Waals surface area contributed by atoms with Crippen LogP contribution in [0.15, 0.2) is 35.5 Å². The van der Waals surface area contributed by atoms with Gasteiger partial charge in [0.05, 0.1) is 19.3 Å². The average Bonchev–Trinajstić information content (AvgIpc) is 3.04. The molecule has 0 saturated carbocycles. The van der Waals surface area contributed by atoms with Gasteiger partial charge in [-0.1, -0.05) is 42.1 Å². The van der Waals surface area contributed by atoms with Crippen molar-refractivity contribution in [1.82, 2.24) is 14.8 Å². The smallest absolute Gasteiger partial charge is 0.228 e. The molecule has 1 saturated heterocycles. The lowest BCUT2D eigenvalue weighted by Crippen LogP contribution is -2.38. The van der Waals surface area contributed by atoms with Crippen LogP contribution in [0.1, 0.15) is 18.6 Å². The van der Waals surface area contributed by atoms with Crippen molar-refractivity contribution in [2.45, 2.75) is 24.7 Å². The lowest BCUT2D eigenvalue weighted by molar-refractivity contribution is 0.121. The number of thioether (sulfide) groups is 1. The third-order valence-electron chi connectivity index (χ3n) is 3.86. The highest BCUT2D eigenvalue weighted by atomic mass is 32.2. The van der Waals surface area contributed by atoms with Gasteiger partial charge in [0.15, 0.2) is 5.16 Å². The van der Waals surface area contributed by atoms with E-state index >= 15 is 0 Å². The summed E-state index contributed by atoms with van der Waals surface area (Å²) in [4.78, 5) is 2.21. The van der Waals surface area contributed by atoms with Crippen LogP contribution in [0.2, 0.25) is 0 Å². The maximum absolute atomic E-state index is 10.3. The minimum atomic E-state index is -0.505. The van der Waals surface area contributed by atoms with E-state index in [0.29, 0.717) is 5.75 Å². The molecule has 0 spiro atoms. The summed E-state index contributed by atoms with van der Waals surface area (Å²) in [5, 5.41) is 19.8. The Hall–Kier alpha value is -1.57. The van der Waals surface area contributed by atoms with Gasteiger partial charge >= 0.3 is 0 Å². The molecule has 124 valence electrons. The average molecular weight is 334 g/mol. The number of nitrogens with zero attached hydrogens (tertiary/aromatic N) is 4. The van der Waals surface area contributed by atoms with Crippen LogP contribution in [0, 0.1) is 0 Å². The molecule has 2 heterocycles. The van der Waals surface area contributed by atoms with E-state index in [-0.39, 0.29) is 0 Å². The van der Waals surface area contributed by atoms with Crippen molar-refractivity contribution >= 4 is 17.7 Å². The van der Waals surface area contributed by atoms with Crippen LogP contribution in [0.25, 0.3) is 0 Å². The van der Waals surface area contributed by atoms with Gasteiger partial charge in [-0.05, 0) is 12.5 Å². The molecule has 6 nitrogen and oxygen atoms in total. The van der Waals surface area contributed by atoms with Crippen LogP contribution >= 0.6 is 11.8 Å². The highest BCUT2D eigenvalue weighted by Crippen LogP contribution is 2.26. The first kappa shape index (κ1) is 16.3. The fourth-order valence-electron chi connectivity index (χ4n) is 2.59. The number of aliphatic hydroxyl groups excluding tert-OH is 1. The van der Waals surface area contributed by atoms with Crippen molar-refractivity contribution in [2.24, 2.45) is 0 Å². The number of rotatable bonds is 6. The first-order valence-corrected chi connectivity index (χ1v) is 8.90. The number of benzene rings is 1. The molecule has 1 atom stereocenters. The molecular weight excluding hydrogens is 312 g/mol. The van der Waals surface area contributed by atoms with E-state index in [1.54, 1.807) is 11.8 Å². The quantitative estimate of drug-likeness (QED) is 0.815. The number of hydrogen-bond donors (Lipinski definition) is 1. The second-order valence-corrected chi connectivity index (χ2v) is 6.35. The fourth-order valence-corrected chi connectivity index (χ4v) is 3.55. The number of ether oxygens (including phenoxy) is 1. The van der Waals surface area contributed by atoms with Gasteiger partial charge in [-0.25, -0.2) is 0 Å². The topological polar surface area (TPSA) is 63.4 Å². The van der Waals surface area contributed by atoms with Crippen molar-refractivity contribution in [3.8, 4) is 0 Å². The lowest BCUT2D eigenvalue weighted by Gasteiger charge is -2.27. The monoisotopic (exact) mass is 334 g/mol. The van der Waals surface area contributed by atoms with Crippen molar-refractivity contribution in [3.05, 3.63) is 35.9 Å². The molecular formula is C16H22N4O2S. The maximum Gasteiger partial charge on any atom is 0.228 e. The Kier molecular flexibility index (Phi) is 5.53. The first-order chi connectivity index (χ1) is 11.3. The second kappa shape index (κ2) is 7.81. The van der Waals surface area contributed by atoms with E-state index in [9.17, 15) is 5.11 Å². The highest BCUT2D eigenvalue weighted by Gasteiger charge is 2.20. The standard InChI is InChI=1S/C16H22N4O2S/c1-2-20-15(19-8-10-22-11-9-19)17-18-16(20)23-12-14(21)13-6-4-3-5-7-13/h3-7,14,21H,2,8-12H2,1H3/t14-/m1/s1. The SMILES string of the molecule is CCn1c(SC[C@@H](O)c2ccccc2)nnc1N1CCOCC1. The number of aliphatic hydroxyl groups is 1. The molecule has 7 heteroatoms. The Bertz CT molecular complexity index is 614. The maximum atomic E-state index is 10.3. The zero-order valence-electron chi connectivity index (χ0n) is 13.3. The van der Waals surface area contributed by atoms with Crippen LogP contribution in [0.5, 0.6) is 0 Å². The van der Waals surface area contributed by atoms with Gasteiger partial charge in [-0.2, -0.15) is 0 Å². The minimum Gasteiger partial charge on any atom is -0.388 e. The van der Waals surface area contributed by atoms with E-state index in [1.807, 2.05) is 30.3 Å². The number of morpholine rings is 1. The molecule has 0 aliphatic carbocycles. The summed E-state index contributed by atoms with van der Waals surface area (Å²) in [5.41, 5.74) is 0.927. The molecule has 1 fully saturated rings. The van der Waals surface area contributed by atoms with E-state index in [1.165, 1.54) is 0 Å². The summed E-state index contributed by atoms with van der Waals surface area (Å²) in [6, 6.07) is 9.71. The molecule has 1 aromatic heterocycles. The third-order valence-corrected chi connectivity index (χ3v) is 4.90. The second-order valence-electron chi connectivity index (χ2n) is 5.36. The predicted octanol–water partition coefficient (Wildman–Crippen LogP) is 1.96. The highest BCUT2D eigenvalue weighted by molar-refractivity contribution is 7.99. The van der Waals surface area contributed by atoms with Crippen LogP contribution in [0.3, 0.4) is 0 Å². The normalized spacial score (nSPS) is 16.5. The largest absolute Gasteiger partial charge is 0.388 e. The number of anilines is 1. The van der Waals surface area contributed by atoms with Gasteiger partial charge in [0, 0.05) is 25.4 Å². The van der Waals surface area contributed by atoms with Crippen LogP contribution in [-0.4, -0.2) is 51.9 Å². The molecule has 1 aromatic carbocycles. The first-order valence-electron chi connectivity index (χ1n) is 7.91. The van der Waals surface area contributed by atoms with Gasteiger partial charge in [0.25, 0.3) is 0 Å². The molecule has 0 amide bonds. The molecule has 1 aliphatic rings. The molecule has 1 aliphatic heterocycles. The summed E-state index contributed by atoms with van der Waals surface area (Å²) in [6.07, 6.45) is -0.505. The van der Waals surface area contributed by atoms with Gasteiger partial charge in [0.1, 0.15) is 0 Å². The van der Waals surface area contributed by atoms with Crippen molar-refractivity contribution in [2.75, 3.05) is 37.0 Å². The molecule has 0 bridgehead atoms. The number of aromatic nitrogens is 3. The minimum absolute atomic E-state index is 0.505. The molecule has 0 radical (unpaired) electrons. The zero-order chi connectivity index (χ0) is 16.1. The fraction of sp³-hybridized carbons (Fsp3) is 0.500. The Morgan fingerprint density at radius 3 is 2.65 bits per heavy atom. The lowest BCUT2D eigenvalue weighted by atomic mass is 10.1. The summed E-state index contributed by atoms with van der Waals surface area (Å²) < 4.78 is 7.50. The Morgan fingerprint density at radius 1 is 1.22 bits per heavy atom. The Balaban J connectivity index is 1.67. The summed E-state index contributed by atoms with van der Waals surface area (Å²) in [7, 11) is 0. The molecule has 2 aromatic rings. The van der Waals surface area contributed by atoms with Gasteiger partial charge in [-0.15, -0.1) is 10.2 Å². The summed E-state index contributed by atoms with van der Waals surface area (Å²) in [5.74, 6) is 1.46. The summed E-state index contributed by atoms with van der Waals surface area (Å²) >= 11 is 1.54. The van der Waals surface area contributed by atoms with Crippen molar-refractivity contribution < 1.29 is 9.84 Å². The Labute approximate surface area is 140 Å². The van der Waals surface area contributed by atoms with Crippen LogP contribution in [-0.2, 0) is 11.3 Å². The molecule has 23 heavy (non-hydrogen) atoms. The van der Waals surface area contributed by atoms with E-state index < -0.39 is 6.10 Å². The predicted molar refractivity (Wildman–Crippen MR) is 90.9 cm³/mol. The van der Waals surface area contributed by atoms with E-state index in [2.05, 4.69) is 26.6 Å². The third kappa shape index (κ3) is 3.85. The molecule has 3 rings (SSSR count). The van der Waals surface area contributed by atoms with Crippen molar-refractivity contribution in [1.29, 1.82) is 0 Å². The summed E-state index contributed by atoms with van der Waals surface area (Å²) in [6.45, 7) is 6.04.